The van der Waals surface area contributed by atoms with Crippen LogP contribution in [0.5, 0.6) is 5.75 Å². The Balaban J connectivity index is 1.43. The molecule has 3 rings (SSSR count). The first-order valence-electron chi connectivity index (χ1n) is 7.53. The number of ether oxygens (including phenoxy) is 2. The van der Waals surface area contributed by atoms with Crippen LogP contribution in [0.4, 0.5) is 0 Å². The molecule has 2 aliphatic rings. The molecule has 1 N–H and O–H groups in total. The van der Waals surface area contributed by atoms with Gasteiger partial charge in [-0.1, -0.05) is 18.2 Å². The van der Waals surface area contributed by atoms with Crippen molar-refractivity contribution in [2.75, 3.05) is 32.8 Å². The third-order valence-electron chi connectivity index (χ3n) is 4.01. The van der Waals surface area contributed by atoms with Crippen LogP contribution in [0.2, 0.25) is 0 Å². The summed E-state index contributed by atoms with van der Waals surface area (Å²) in [6, 6.07) is 8.13. The fourth-order valence-corrected chi connectivity index (χ4v) is 2.68. The van der Waals surface area contributed by atoms with Crippen molar-refractivity contribution in [3.8, 4) is 5.75 Å². The number of nitrogens with one attached hydrogen (secondary N) is 1. The van der Waals surface area contributed by atoms with Gasteiger partial charge < -0.3 is 19.7 Å². The molecular formula is C16H22N2O3. The number of para-hydroxylation sites is 1. The third-order valence-corrected chi connectivity index (χ3v) is 4.01. The van der Waals surface area contributed by atoms with Gasteiger partial charge in [-0.3, -0.25) is 4.79 Å². The van der Waals surface area contributed by atoms with Crippen LogP contribution < -0.4 is 10.1 Å². The minimum Gasteiger partial charge on any atom is -0.486 e. The zero-order valence-corrected chi connectivity index (χ0v) is 12.4. The van der Waals surface area contributed by atoms with Crippen LogP contribution in [-0.4, -0.2) is 55.8 Å². The molecule has 1 amide bonds. The van der Waals surface area contributed by atoms with Crippen molar-refractivity contribution in [2.45, 2.75) is 25.5 Å². The molecule has 0 bridgehead atoms. The molecule has 1 unspecified atom stereocenters. The van der Waals surface area contributed by atoms with E-state index in [1.807, 2.05) is 36.1 Å². The zero-order valence-electron chi connectivity index (χ0n) is 12.4. The minimum absolute atomic E-state index is 0.116. The van der Waals surface area contributed by atoms with E-state index in [0.717, 1.165) is 24.5 Å². The summed E-state index contributed by atoms with van der Waals surface area (Å²) in [5, 5.41) is 3.31. The topological polar surface area (TPSA) is 50.8 Å². The summed E-state index contributed by atoms with van der Waals surface area (Å²) in [5.41, 5.74) is 1.13. The SMILES string of the molecule is Cc1ccccc1OC1CN(C(=O)CC2COCCN2)C1. The third kappa shape index (κ3) is 3.54. The molecule has 2 heterocycles. The second kappa shape index (κ2) is 6.45. The highest BCUT2D eigenvalue weighted by atomic mass is 16.5. The largest absolute Gasteiger partial charge is 0.486 e. The Morgan fingerprint density at radius 1 is 1.43 bits per heavy atom. The number of carbonyl (C=O) groups excluding carboxylic acids is 1. The molecule has 0 aliphatic carbocycles. The summed E-state index contributed by atoms with van der Waals surface area (Å²) in [5.74, 6) is 1.10. The van der Waals surface area contributed by atoms with Crippen molar-refractivity contribution in [3.05, 3.63) is 29.8 Å². The maximum Gasteiger partial charge on any atom is 0.224 e. The molecule has 5 heteroatoms. The Hall–Kier alpha value is -1.59. The molecule has 2 saturated heterocycles. The van der Waals surface area contributed by atoms with Crippen molar-refractivity contribution >= 4 is 5.91 Å². The van der Waals surface area contributed by atoms with Crippen LogP contribution in [0.1, 0.15) is 12.0 Å². The first kappa shape index (κ1) is 14.4. The van der Waals surface area contributed by atoms with E-state index in [4.69, 9.17) is 9.47 Å². The van der Waals surface area contributed by atoms with Crippen LogP contribution in [-0.2, 0) is 9.53 Å². The van der Waals surface area contributed by atoms with Crippen LogP contribution in [0.15, 0.2) is 24.3 Å². The van der Waals surface area contributed by atoms with Gasteiger partial charge in [0.05, 0.1) is 26.3 Å². The highest BCUT2D eigenvalue weighted by Gasteiger charge is 2.33. The number of rotatable bonds is 4. The predicted molar refractivity (Wildman–Crippen MR) is 79.4 cm³/mol. The van der Waals surface area contributed by atoms with E-state index >= 15 is 0 Å². The molecule has 0 spiro atoms. The van der Waals surface area contributed by atoms with Gasteiger partial charge in [0.25, 0.3) is 0 Å². The van der Waals surface area contributed by atoms with E-state index in [0.29, 0.717) is 26.1 Å². The number of likely N-dealkylation sites (tertiary alicyclic amines) is 1. The van der Waals surface area contributed by atoms with Crippen molar-refractivity contribution in [2.24, 2.45) is 0 Å². The fraction of sp³-hybridized carbons (Fsp3) is 0.562. The lowest BCUT2D eigenvalue weighted by molar-refractivity contribution is -0.141. The first-order valence-corrected chi connectivity index (χ1v) is 7.53. The molecule has 1 aromatic rings. The molecular weight excluding hydrogens is 268 g/mol. The van der Waals surface area contributed by atoms with E-state index in [1.165, 1.54) is 0 Å². The molecule has 114 valence electrons. The average molecular weight is 290 g/mol. The molecule has 0 saturated carbocycles. The Morgan fingerprint density at radius 3 is 2.95 bits per heavy atom. The maximum atomic E-state index is 12.1. The number of hydrogen-bond acceptors (Lipinski definition) is 4. The Bertz CT molecular complexity index is 494. The van der Waals surface area contributed by atoms with Crippen LogP contribution in [0.3, 0.4) is 0 Å². The summed E-state index contributed by atoms with van der Waals surface area (Å²) < 4.78 is 11.3. The van der Waals surface area contributed by atoms with E-state index in [2.05, 4.69) is 5.32 Å². The van der Waals surface area contributed by atoms with Gasteiger partial charge in [0.1, 0.15) is 11.9 Å². The lowest BCUT2D eigenvalue weighted by Crippen LogP contribution is -2.57. The van der Waals surface area contributed by atoms with Gasteiger partial charge in [-0.05, 0) is 18.6 Å². The van der Waals surface area contributed by atoms with Crippen molar-refractivity contribution < 1.29 is 14.3 Å². The summed E-state index contributed by atoms with van der Waals surface area (Å²) in [4.78, 5) is 14.0. The van der Waals surface area contributed by atoms with Crippen molar-refractivity contribution in [1.82, 2.24) is 10.2 Å². The number of benzene rings is 1. The van der Waals surface area contributed by atoms with Gasteiger partial charge in [-0.15, -0.1) is 0 Å². The molecule has 2 fully saturated rings. The van der Waals surface area contributed by atoms with E-state index in [1.54, 1.807) is 0 Å². The number of amides is 1. The molecule has 1 atom stereocenters. The molecule has 0 radical (unpaired) electrons. The minimum atomic E-state index is 0.116. The number of carbonyl (C=O) groups is 1. The lowest BCUT2D eigenvalue weighted by Gasteiger charge is -2.40. The highest BCUT2D eigenvalue weighted by Crippen LogP contribution is 2.22. The van der Waals surface area contributed by atoms with Gasteiger partial charge in [0.15, 0.2) is 0 Å². The zero-order chi connectivity index (χ0) is 14.7. The Morgan fingerprint density at radius 2 is 2.24 bits per heavy atom. The number of aryl methyl sites for hydroxylation is 1. The molecule has 5 nitrogen and oxygen atoms in total. The summed E-state index contributed by atoms with van der Waals surface area (Å²) in [7, 11) is 0. The van der Waals surface area contributed by atoms with Gasteiger partial charge in [-0.2, -0.15) is 0 Å². The quantitative estimate of drug-likeness (QED) is 0.897. The van der Waals surface area contributed by atoms with Gasteiger partial charge in [-0.25, -0.2) is 0 Å². The highest BCUT2D eigenvalue weighted by molar-refractivity contribution is 5.77. The van der Waals surface area contributed by atoms with Gasteiger partial charge in [0, 0.05) is 19.0 Å². The van der Waals surface area contributed by atoms with Gasteiger partial charge in [0.2, 0.25) is 5.91 Å². The summed E-state index contributed by atoms with van der Waals surface area (Å²) in [6.45, 7) is 5.59. The van der Waals surface area contributed by atoms with Crippen molar-refractivity contribution in [1.29, 1.82) is 0 Å². The lowest BCUT2D eigenvalue weighted by atomic mass is 10.1. The molecule has 1 aromatic carbocycles. The second-order valence-corrected chi connectivity index (χ2v) is 5.73. The molecule has 2 aliphatic heterocycles. The Labute approximate surface area is 125 Å². The number of nitrogens with zero attached hydrogens (tertiary/aromatic N) is 1. The fourth-order valence-electron chi connectivity index (χ4n) is 2.68. The Kier molecular flexibility index (Phi) is 4.41. The summed E-state index contributed by atoms with van der Waals surface area (Å²) >= 11 is 0. The van der Waals surface area contributed by atoms with E-state index in [-0.39, 0.29) is 18.1 Å². The standard InChI is InChI=1S/C16H22N2O3/c1-12-4-2-3-5-15(12)21-14-9-18(10-14)16(19)8-13-11-20-7-6-17-13/h2-5,13-14,17H,6-11H2,1H3. The second-order valence-electron chi connectivity index (χ2n) is 5.73. The van der Waals surface area contributed by atoms with E-state index in [9.17, 15) is 4.79 Å². The monoisotopic (exact) mass is 290 g/mol. The first-order chi connectivity index (χ1) is 10.2. The molecule has 21 heavy (non-hydrogen) atoms. The molecule has 0 aromatic heterocycles. The maximum absolute atomic E-state index is 12.1. The predicted octanol–water partition coefficient (Wildman–Crippen LogP) is 0.963. The van der Waals surface area contributed by atoms with Gasteiger partial charge >= 0.3 is 0 Å². The summed E-state index contributed by atoms with van der Waals surface area (Å²) in [6.07, 6.45) is 0.627. The van der Waals surface area contributed by atoms with Crippen LogP contribution >= 0.6 is 0 Å². The van der Waals surface area contributed by atoms with E-state index < -0.39 is 0 Å². The normalized spacial score (nSPS) is 22.7. The van der Waals surface area contributed by atoms with Crippen LogP contribution in [0, 0.1) is 6.92 Å². The smallest absolute Gasteiger partial charge is 0.224 e. The average Bonchev–Trinajstić information content (AvgIpc) is 2.45. The number of hydrogen-bond donors (Lipinski definition) is 1. The van der Waals surface area contributed by atoms with Crippen LogP contribution in [0.25, 0.3) is 0 Å². The van der Waals surface area contributed by atoms with Crippen molar-refractivity contribution in [3.63, 3.8) is 0 Å². The number of morpholine rings is 1.